The van der Waals surface area contributed by atoms with E-state index in [1.807, 2.05) is 0 Å². The lowest BCUT2D eigenvalue weighted by atomic mass is 9.96. The van der Waals surface area contributed by atoms with Crippen molar-refractivity contribution < 1.29 is 17.6 Å². The number of nitrogens with zero attached hydrogens (tertiary/aromatic N) is 2. The van der Waals surface area contributed by atoms with Gasteiger partial charge in [-0.15, -0.1) is 0 Å². The third kappa shape index (κ3) is 4.62. The average Bonchev–Trinajstić information content (AvgIpc) is 3.07. The van der Waals surface area contributed by atoms with E-state index in [4.69, 9.17) is 4.42 Å². The summed E-state index contributed by atoms with van der Waals surface area (Å²) < 4.78 is 34.2. The zero-order chi connectivity index (χ0) is 22.0. The molecule has 0 bridgehead atoms. The Morgan fingerprint density at radius 3 is 2.87 bits per heavy atom. The van der Waals surface area contributed by atoms with Gasteiger partial charge >= 0.3 is 5.76 Å². The van der Waals surface area contributed by atoms with Crippen molar-refractivity contribution in [2.75, 3.05) is 19.6 Å². The topological polar surface area (TPSA) is 102 Å². The lowest BCUT2D eigenvalue weighted by Crippen LogP contribution is -2.45. The summed E-state index contributed by atoms with van der Waals surface area (Å²) in [6.45, 7) is 1.13. The Bertz CT molecular complexity index is 1160. The molecule has 1 N–H and O–H groups in total. The van der Waals surface area contributed by atoms with Crippen LogP contribution in [0.2, 0.25) is 0 Å². The standard InChI is InChI=1S/C22H29N3O5S/c1-24-19-10-9-18(14-20(19)30-22(24)27)31(28,29)25-13-5-8-17(15-25)21(26)23-12-11-16-6-3-2-4-7-16/h6,9-10,14,17H,2-5,7-8,11-13,15H2,1H3,(H,23,26)/t17-/m1/s1. The second kappa shape index (κ2) is 9.00. The van der Waals surface area contributed by atoms with Gasteiger partial charge in [-0.1, -0.05) is 11.6 Å². The number of amides is 1. The quantitative estimate of drug-likeness (QED) is 0.686. The Morgan fingerprint density at radius 2 is 2.10 bits per heavy atom. The van der Waals surface area contributed by atoms with Crippen molar-refractivity contribution in [1.29, 1.82) is 0 Å². The first-order valence-electron chi connectivity index (χ1n) is 10.9. The lowest BCUT2D eigenvalue weighted by Gasteiger charge is -2.31. The van der Waals surface area contributed by atoms with E-state index in [9.17, 15) is 18.0 Å². The maximum Gasteiger partial charge on any atom is 0.419 e. The van der Waals surface area contributed by atoms with E-state index in [0.29, 0.717) is 31.4 Å². The molecule has 1 aliphatic heterocycles. The van der Waals surface area contributed by atoms with E-state index in [0.717, 1.165) is 19.3 Å². The predicted octanol–water partition coefficient (Wildman–Crippen LogP) is 2.54. The van der Waals surface area contributed by atoms with Crippen molar-refractivity contribution in [2.45, 2.75) is 49.8 Å². The zero-order valence-corrected chi connectivity index (χ0v) is 18.6. The van der Waals surface area contributed by atoms with Crippen LogP contribution in [-0.2, 0) is 21.9 Å². The van der Waals surface area contributed by atoms with Gasteiger partial charge in [0.2, 0.25) is 15.9 Å². The number of allylic oxidation sites excluding steroid dienone is 1. The number of fused-ring (bicyclic) bond motifs is 1. The highest BCUT2D eigenvalue weighted by Crippen LogP contribution is 2.26. The van der Waals surface area contributed by atoms with Crippen LogP contribution in [0.25, 0.3) is 11.1 Å². The van der Waals surface area contributed by atoms with Crippen LogP contribution in [0.4, 0.5) is 0 Å². The summed E-state index contributed by atoms with van der Waals surface area (Å²) in [5.41, 5.74) is 2.17. The van der Waals surface area contributed by atoms with Crippen LogP contribution in [-0.4, -0.2) is 42.8 Å². The van der Waals surface area contributed by atoms with E-state index in [1.54, 1.807) is 13.1 Å². The van der Waals surface area contributed by atoms with Crippen LogP contribution < -0.4 is 11.1 Å². The van der Waals surface area contributed by atoms with Gasteiger partial charge in [0.05, 0.1) is 16.3 Å². The molecule has 1 fully saturated rings. The van der Waals surface area contributed by atoms with E-state index in [-0.39, 0.29) is 28.8 Å². The summed E-state index contributed by atoms with van der Waals surface area (Å²) in [5, 5.41) is 2.99. The maximum absolute atomic E-state index is 13.2. The van der Waals surface area contributed by atoms with E-state index in [1.165, 1.54) is 39.4 Å². The highest BCUT2D eigenvalue weighted by molar-refractivity contribution is 7.89. The minimum atomic E-state index is -3.79. The van der Waals surface area contributed by atoms with Crippen LogP contribution in [0, 0.1) is 5.92 Å². The minimum absolute atomic E-state index is 0.0691. The molecule has 168 valence electrons. The molecular formula is C22H29N3O5S. The number of aromatic nitrogens is 1. The van der Waals surface area contributed by atoms with E-state index < -0.39 is 15.8 Å². The molecule has 0 saturated carbocycles. The van der Waals surface area contributed by atoms with Gasteiger partial charge in [0, 0.05) is 32.7 Å². The molecule has 2 aromatic rings. The van der Waals surface area contributed by atoms with Crippen molar-refractivity contribution in [3.63, 3.8) is 0 Å². The Labute approximate surface area is 182 Å². The van der Waals surface area contributed by atoms with E-state index >= 15 is 0 Å². The third-order valence-electron chi connectivity index (χ3n) is 6.29. The molecule has 1 aromatic carbocycles. The number of carbonyl (C=O) groups excluding carboxylic acids is 1. The van der Waals surface area contributed by atoms with Crippen LogP contribution >= 0.6 is 0 Å². The monoisotopic (exact) mass is 447 g/mol. The molecule has 0 spiro atoms. The number of rotatable bonds is 6. The summed E-state index contributed by atoms with van der Waals surface area (Å²) in [6.07, 6.45) is 9.13. The predicted molar refractivity (Wildman–Crippen MR) is 117 cm³/mol. The largest absolute Gasteiger partial charge is 0.419 e. The molecule has 1 aliphatic carbocycles. The van der Waals surface area contributed by atoms with Gasteiger partial charge in [-0.3, -0.25) is 9.36 Å². The molecule has 0 unspecified atom stereocenters. The van der Waals surface area contributed by atoms with E-state index in [2.05, 4.69) is 11.4 Å². The van der Waals surface area contributed by atoms with Crippen molar-refractivity contribution in [3.05, 3.63) is 40.4 Å². The van der Waals surface area contributed by atoms with Crippen molar-refractivity contribution >= 4 is 27.0 Å². The van der Waals surface area contributed by atoms with Gasteiger partial charge in [-0.2, -0.15) is 4.31 Å². The van der Waals surface area contributed by atoms with Crippen molar-refractivity contribution in [2.24, 2.45) is 13.0 Å². The lowest BCUT2D eigenvalue weighted by molar-refractivity contribution is -0.126. The number of hydrogen-bond acceptors (Lipinski definition) is 5. The first-order chi connectivity index (χ1) is 14.9. The molecule has 9 heteroatoms. The molecule has 1 amide bonds. The molecule has 1 saturated heterocycles. The average molecular weight is 448 g/mol. The van der Waals surface area contributed by atoms with Gasteiger partial charge < -0.3 is 9.73 Å². The Balaban J connectivity index is 1.41. The van der Waals surface area contributed by atoms with Gasteiger partial charge in [0.15, 0.2) is 5.58 Å². The van der Waals surface area contributed by atoms with Crippen molar-refractivity contribution in [1.82, 2.24) is 14.2 Å². The molecule has 4 rings (SSSR count). The molecule has 1 atom stereocenters. The fourth-order valence-electron chi connectivity index (χ4n) is 4.42. The molecule has 2 aliphatic rings. The number of aryl methyl sites for hydroxylation is 1. The molecule has 1 aromatic heterocycles. The highest BCUT2D eigenvalue weighted by atomic mass is 32.2. The molecule has 31 heavy (non-hydrogen) atoms. The first-order valence-corrected chi connectivity index (χ1v) is 12.4. The summed E-state index contributed by atoms with van der Waals surface area (Å²) in [4.78, 5) is 24.4. The number of oxazole rings is 1. The SMILES string of the molecule is Cn1c(=O)oc2cc(S(=O)(=O)N3CCC[C@@H](C(=O)NCCC4=CCCCC4)C3)ccc21. The fraction of sp³-hybridized carbons (Fsp3) is 0.545. The molecule has 8 nitrogen and oxygen atoms in total. The van der Waals surface area contributed by atoms with Gasteiger partial charge in [-0.05, 0) is 57.1 Å². The third-order valence-corrected chi connectivity index (χ3v) is 8.15. The number of piperidine rings is 1. The van der Waals surface area contributed by atoms with Crippen LogP contribution in [0.1, 0.15) is 44.9 Å². The Kier molecular flexibility index (Phi) is 6.34. The van der Waals surface area contributed by atoms with Crippen LogP contribution in [0.5, 0.6) is 0 Å². The number of hydrogen-bond donors (Lipinski definition) is 1. The zero-order valence-electron chi connectivity index (χ0n) is 17.8. The number of nitrogens with one attached hydrogen (secondary N) is 1. The second-order valence-corrected chi connectivity index (χ2v) is 10.3. The first kappa shape index (κ1) is 21.8. The normalized spacial score (nSPS) is 20.5. The van der Waals surface area contributed by atoms with Crippen LogP contribution in [0.15, 0.2) is 44.0 Å². The summed E-state index contributed by atoms with van der Waals surface area (Å²) in [7, 11) is -2.22. The highest BCUT2D eigenvalue weighted by Gasteiger charge is 2.33. The summed E-state index contributed by atoms with van der Waals surface area (Å²) >= 11 is 0. The summed E-state index contributed by atoms with van der Waals surface area (Å²) in [6, 6.07) is 4.43. The fourth-order valence-corrected chi connectivity index (χ4v) is 5.96. The Morgan fingerprint density at radius 1 is 1.26 bits per heavy atom. The molecule has 2 heterocycles. The van der Waals surface area contributed by atoms with Crippen molar-refractivity contribution in [3.8, 4) is 0 Å². The minimum Gasteiger partial charge on any atom is -0.408 e. The number of sulfonamides is 1. The number of carbonyl (C=O) groups is 1. The summed E-state index contributed by atoms with van der Waals surface area (Å²) in [5.74, 6) is -0.980. The molecular weight excluding hydrogens is 418 g/mol. The molecule has 0 radical (unpaired) electrons. The Hall–Kier alpha value is -2.39. The van der Waals surface area contributed by atoms with Crippen LogP contribution in [0.3, 0.4) is 0 Å². The number of benzene rings is 1. The maximum atomic E-state index is 13.2. The van der Waals surface area contributed by atoms with Gasteiger partial charge in [-0.25, -0.2) is 13.2 Å². The van der Waals surface area contributed by atoms with Gasteiger partial charge in [0.25, 0.3) is 0 Å². The van der Waals surface area contributed by atoms with Gasteiger partial charge in [0.1, 0.15) is 0 Å². The second-order valence-electron chi connectivity index (χ2n) is 8.41. The smallest absolute Gasteiger partial charge is 0.408 e.